The lowest BCUT2D eigenvalue weighted by atomic mass is 10.0. The van der Waals surface area contributed by atoms with Gasteiger partial charge in [-0.3, -0.25) is 4.99 Å². The van der Waals surface area contributed by atoms with Crippen LogP contribution >= 0.6 is 24.4 Å². The second-order valence-electron chi connectivity index (χ2n) is 6.80. The van der Waals surface area contributed by atoms with Crippen molar-refractivity contribution >= 4 is 36.2 Å². The summed E-state index contributed by atoms with van der Waals surface area (Å²) in [7, 11) is 1.91. The Hall–Kier alpha value is -1.71. The highest BCUT2D eigenvalue weighted by molar-refractivity contribution is 8.03. The molecule has 0 bridgehead atoms. The van der Waals surface area contributed by atoms with Crippen LogP contribution in [0.2, 0.25) is 0 Å². The van der Waals surface area contributed by atoms with Gasteiger partial charge in [-0.05, 0) is 25.3 Å². The zero-order valence-electron chi connectivity index (χ0n) is 16.9. The first kappa shape index (κ1) is 21.6. The molecule has 0 N–H and O–H groups in total. The molecule has 3 rings (SSSR count). The van der Waals surface area contributed by atoms with Crippen molar-refractivity contribution in [2.45, 2.75) is 51.0 Å². The van der Waals surface area contributed by atoms with E-state index in [0.717, 1.165) is 22.7 Å². The van der Waals surface area contributed by atoms with Gasteiger partial charge in [0, 0.05) is 35.5 Å². The summed E-state index contributed by atoms with van der Waals surface area (Å²) in [6, 6.07) is 2.35. The Labute approximate surface area is 172 Å². The van der Waals surface area contributed by atoms with E-state index >= 15 is 0 Å². The maximum Gasteiger partial charge on any atom is 0.102 e. The van der Waals surface area contributed by atoms with E-state index in [1.807, 2.05) is 45.5 Å². The quantitative estimate of drug-likeness (QED) is 0.544. The number of rotatable bonds is 3. The predicted molar refractivity (Wildman–Crippen MR) is 120 cm³/mol. The molecule has 1 aliphatic heterocycles. The highest BCUT2D eigenvalue weighted by Crippen LogP contribution is 2.45. The van der Waals surface area contributed by atoms with E-state index < -0.39 is 0 Å². The Kier molecular flexibility index (Phi) is 7.19. The van der Waals surface area contributed by atoms with Gasteiger partial charge in [-0.15, -0.1) is 11.8 Å². The van der Waals surface area contributed by atoms with Crippen LogP contribution in [0.3, 0.4) is 0 Å². The van der Waals surface area contributed by atoms with Gasteiger partial charge in [0.05, 0.1) is 28.5 Å². The van der Waals surface area contributed by atoms with Crippen LogP contribution in [0.25, 0.3) is 5.57 Å². The fourth-order valence-electron chi connectivity index (χ4n) is 3.18. The number of aryl methyl sites for hydroxylation is 1. The minimum atomic E-state index is -0.296. The van der Waals surface area contributed by atoms with Gasteiger partial charge in [0.1, 0.15) is 6.07 Å². The molecule has 3 unspecified atom stereocenters. The highest BCUT2D eigenvalue weighted by atomic mass is 32.2. The minimum absolute atomic E-state index is 0.296. The normalized spacial score (nSPS) is 27.3. The zero-order valence-corrected chi connectivity index (χ0v) is 18.6. The maximum atomic E-state index is 9.62. The van der Waals surface area contributed by atoms with Gasteiger partial charge in [0.2, 0.25) is 0 Å². The summed E-state index contributed by atoms with van der Waals surface area (Å²) in [6.45, 7) is 10.3. The number of hydrogen-bond acceptors (Lipinski definition) is 5. The molecule has 0 fully saturated rings. The number of hydrogen-bond donors (Lipinski definition) is 1. The van der Waals surface area contributed by atoms with Crippen LogP contribution in [0.1, 0.15) is 46.7 Å². The molecule has 0 spiro atoms. The fraction of sp³-hybridized carbons (Fsp3) is 0.476. The Balaban J connectivity index is 0.00000126. The summed E-state index contributed by atoms with van der Waals surface area (Å²) in [5, 5.41) is 10.00. The Morgan fingerprint density at radius 3 is 2.74 bits per heavy atom. The van der Waals surface area contributed by atoms with E-state index in [0.29, 0.717) is 16.7 Å². The first-order chi connectivity index (χ1) is 12.8. The Morgan fingerprint density at radius 1 is 1.44 bits per heavy atom. The SMILES string of the molecule is C/C(SC1CC2=C(C=CC(C)(S)C=N2)C1C)=C(\C#N)c1cncn1C.CC. The molecule has 2 heterocycles. The molecule has 1 aromatic heterocycles. The molecule has 0 saturated carbocycles. The van der Waals surface area contributed by atoms with E-state index in [1.165, 1.54) is 5.57 Å². The average Bonchev–Trinajstić information content (AvgIpc) is 3.13. The van der Waals surface area contributed by atoms with Crippen molar-refractivity contribution in [2.75, 3.05) is 0 Å². The van der Waals surface area contributed by atoms with Crippen molar-refractivity contribution in [1.82, 2.24) is 9.55 Å². The van der Waals surface area contributed by atoms with Gasteiger partial charge < -0.3 is 4.57 Å². The van der Waals surface area contributed by atoms with Gasteiger partial charge in [-0.1, -0.05) is 32.9 Å². The first-order valence-electron chi connectivity index (χ1n) is 9.26. The van der Waals surface area contributed by atoms with Gasteiger partial charge >= 0.3 is 0 Å². The third-order valence-electron chi connectivity index (χ3n) is 4.72. The molecule has 0 saturated heterocycles. The number of imidazole rings is 1. The van der Waals surface area contributed by atoms with Gasteiger partial charge in [-0.2, -0.15) is 17.9 Å². The van der Waals surface area contributed by atoms with Crippen molar-refractivity contribution < 1.29 is 0 Å². The topological polar surface area (TPSA) is 54.0 Å². The van der Waals surface area contributed by atoms with Crippen LogP contribution in [-0.4, -0.2) is 25.8 Å². The fourth-order valence-corrected chi connectivity index (χ4v) is 4.62. The van der Waals surface area contributed by atoms with E-state index in [9.17, 15) is 5.26 Å². The van der Waals surface area contributed by atoms with Crippen molar-refractivity contribution in [3.8, 4) is 6.07 Å². The number of aromatic nitrogens is 2. The molecule has 2 aliphatic rings. The summed E-state index contributed by atoms with van der Waals surface area (Å²) < 4.78 is 1.59. The van der Waals surface area contributed by atoms with Crippen molar-refractivity contribution in [1.29, 1.82) is 5.26 Å². The molecule has 1 aliphatic carbocycles. The largest absolute Gasteiger partial charge is 0.333 e. The molecule has 144 valence electrons. The highest BCUT2D eigenvalue weighted by Gasteiger charge is 2.33. The summed E-state index contributed by atoms with van der Waals surface area (Å²) >= 11 is 6.38. The number of thiol groups is 1. The van der Waals surface area contributed by atoms with Crippen LogP contribution < -0.4 is 0 Å². The second-order valence-corrected chi connectivity index (χ2v) is 9.22. The molecular formula is C21H28N4S2. The summed E-state index contributed by atoms with van der Waals surface area (Å²) in [5.41, 5.74) is 3.99. The lowest BCUT2D eigenvalue weighted by Gasteiger charge is -2.19. The minimum Gasteiger partial charge on any atom is -0.333 e. The molecule has 1 aromatic rings. The third kappa shape index (κ3) is 4.77. The third-order valence-corrected chi connectivity index (χ3v) is 6.42. The van der Waals surface area contributed by atoms with Crippen LogP contribution in [0.4, 0.5) is 0 Å². The lowest BCUT2D eigenvalue weighted by Crippen LogP contribution is -2.15. The van der Waals surface area contributed by atoms with Crippen molar-refractivity contribution in [2.24, 2.45) is 18.0 Å². The monoisotopic (exact) mass is 400 g/mol. The molecule has 0 amide bonds. The molecule has 3 atom stereocenters. The lowest BCUT2D eigenvalue weighted by molar-refractivity contribution is 0.698. The van der Waals surface area contributed by atoms with Crippen LogP contribution in [0.15, 0.2) is 45.8 Å². The van der Waals surface area contributed by atoms with Crippen LogP contribution in [0.5, 0.6) is 0 Å². The molecule has 0 radical (unpaired) electrons. The second kappa shape index (κ2) is 8.99. The van der Waals surface area contributed by atoms with Crippen molar-refractivity contribution in [3.05, 3.63) is 46.5 Å². The number of thioether (sulfide) groups is 1. The van der Waals surface area contributed by atoms with E-state index in [1.54, 1.807) is 24.3 Å². The number of nitrogens with zero attached hydrogens (tertiary/aromatic N) is 4. The average molecular weight is 401 g/mol. The van der Waals surface area contributed by atoms with E-state index in [2.05, 4.69) is 47.8 Å². The number of aliphatic imine (C=N–C) groups is 1. The first-order valence-corrected chi connectivity index (χ1v) is 10.6. The smallest absolute Gasteiger partial charge is 0.102 e. The van der Waals surface area contributed by atoms with E-state index in [-0.39, 0.29) is 4.75 Å². The molecule has 6 heteroatoms. The van der Waals surface area contributed by atoms with Gasteiger partial charge in [0.15, 0.2) is 0 Å². The number of allylic oxidation sites excluding steroid dienone is 5. The predicted octanol–water partition coefficient (Wildman–Crippen LogP) is 5.43. The summed E-state index contributed by atoms with van der Waals surface area (Å²) in [5.74, 6) is 0.386. The van der Waals surface area contributed by atoms with Crippen LogP contribution in [0, 0.1) is 17.2 Å². The Bertz CT molecular complexity index is 850. The van der Waals surface area contributed by atoms with Gasteiger partial charge in [0.25, 0.3) is 0 Å². The van der Waals surface area contributed by atoms with Crippen molar-refractivity contribution in [3.63, 3.8) is 0 Å². The summed E-state index contributed by atoms with van der Waals surface area (Å²) in [4.78, 5) is 9.84. The molecule has 27 heavy (non-hydrogen) atoms. The maximum absolute atomic E-state index is 9.62. The zero-order chi connectivity index (χ0) is 20.2. The number of nitriles is 1. The standard InChI is InChI=1S/C19H22N4S2.C2H6/c1-12-14-5-6-19(3,24)10-22-16(14)7-18(12)25-13(2)15(8-20)17-9-21-11-23(17)4;1-2/h5-6,9-12,18,24H,7H2,1-4H3;1-2H3/b15-13-;. The molecule has 4 nitrogen and oxygen atoms in total. The van der Waals surface area contributed by atoms with E-state index in [4.69, 9.17) is 0 Å². The summed E-state index contributed by atoms with van der Waals surface area (Å²) in [6.07, 6.45) is 10.6. The molecular weight excluding hydrogens is 372 g/mol. The van der Waals surface area contributed by atoms with Crippen LogP contribution in [-0.2, 0) is 7.05 Å². The van der Waals surface area contributed by atoms with Gasteiger partial charge in [-0.25, -0.2) is 4.98 Å². The molecule has 0 aromatic carbocycles. The Morgan fingerprint density at radius 2 is 2.15 bits per heavy atom.